The third kappa shape index (κ3) is 3.73. The van der Waals surface area contributed by atoms with Crippen LogP contribution in [-0.2, 0) is 9.53 Å². The predicted octanol–water partition coefficient (Wildman–Crippen LogP) is 2.48. The van der Waals surface area contributed by atoms with Gasteiger partial charge < -0.3 is 10.1 Å². The van der Waals surface area contributed by atoms with Crippen LogP contribution < -0.4 is 5.32 Å². The molecule has 0 fully saturated rings. The van der Waals surface area contributed by atoms with E-state index in [0.717, 1.165) is 15.3 Å². The lowest BCUT2D eigenvalue weighted by Gasteiger charge is -2.15. The van der Waals surface area contributed by atoms with Gasteiger partial charge in [0.05, 0.1) is 7.11 Å². The molecule has 1 N–H and O–H groups in total. The van der Waals surface area contributed by atoms with Crippen molar-refractivity contribution in [3.63, 3.8) is 0 Å². The van der Waals surface area contributed by atoms with Crippen LogP contribution in [0.4, 0.5) is 0 Å². The summed E-state index contributed by atoms with van der Waals surface area (Å²) >= 11 is 1.64. The van der Waals surface area contributed by atoms with E-state index >= 15 is 0 Å². The number of carbonyl (C=O) groups excluding carboxylic acids is 1. The summed E-state index contributed by atoms with van der Waals surface area (Å²) in [6, 6.07) is 1.47. The summed E-state index contributed by atoms with van der Waals surface area (Å²) < 4.78 is 4.79. The zero-order valence-corrected chi connectivity index (χ0v) is 11.5. The van der Waals surface area contributed by atoms with Crippen molar-refractivity contribution in [1.82, 2.24) is 5.32 Å². The van der Waals surface area contributed by atoms with Crippen molar-refractivity contribution in [2.24, 2.45) is 5.11 Å². The number of nitrogens with zero attached hydrogens (tertiary/aromatic N) is 3. The Bertz CT molecular complexity index is 466. The number of nitrogens with one attached hydrogen (secondary N) is 1. The molecule has 1 aromatic heterocycles. The molecule has 1 rings (SSSR count). The summed E-state index contributed by atoms with van der Waals surface area (Å²) in [5.74, 6) is -0.336. The summed E-state index contributed by atoms with van der Waals surface area (Å²) in [6.45, 7) is 4.69. The Morgan fingerprint density at radius 1 is 1.67 bits per heavy atom. The lowest BCUT2D eigenvalue weighted by Crippen LogP contribution is -2.31. The van der Waals surface area contributed by atoms with Gasteiger partial charge in [-0.25, -0.2) is 4.79 Å². The topological polar surface area (TPSA) is 87.1 Å². The van der Waals surface area contributed by atoms with Crippen molar-refractivity contribution in [2.45, 2.75) is 19.9 Å². The van der Waals surface area contributed by atoms with Gasteiger partial charge in [0.15, 0.2) is 0 Å². The average Bonchev–Trinajstić information content (AvgIpc) is 2.67. The molecule has 0 spiro atoms. The molecular weight excluding hydrogens is 252 g/mol. The minimum absolute atomic E-state index is 0.298. The van der Waals surface area contributed by atoms with Crippen LogP contribution in [0.25, 0.3) is 10.4 Å². The molecule has 7 heteroatoms. The standard InChI is InChI=1S/C11H16N4O2S/c1-7-6-9(8(2)18-7)10(11(16)17-3)13-4-5-14-15-12/h6,10,13H,4-5H2,1-3H3. The molecule has 1 aromatic rings. The van der Waals surface area contributed by atoms with E-state index in [-0.39, 0.29) is 5.97 Å². The molecule has 0 bridgehead atoms. The Morgan fingerprint density at radius 2 is 2.39 bits per heavy atom. The van der Waals surface area contributed by atoms with Crippen LogP contribution in [0, 0.1) is 13.8 Å². The maximum absolute atomic E-state index is 11.8. The van der Waals surface area contributed by atoms with Crippen molar-refractivity contribution in [1.29, 1.82) is 0 Å². The lowest BCUT2D eigenvalue weighted by atomic mass is 10.1. The fourth-order valence-electron chi connectivity index (χ4n) is 1.68. The molecule has 0 aliphatic heterocycles. The van der Waals surface area contributed by atoms with E-state index in [9.17, 15) is 4.79 Å². The van der Waals surface area contributed by atoms with Gasteiger partial charge in [0.1, 0.15) is 6.04 Å². The zero-order chi connectivity index (χ0) is 13.5. The predicted molar refractivity (Wildman–Crippen MR) is 70.6 cm³/mol. The van der Waals surface area contributed by atoms with Crippen LogP contribution in [-0.4, -0.2) is 26.2 Å². The summed E-state index contributed by atoms with van der Waals surface area (Å²) in [4.78, 5) is 16.6. The second-order valence-corrected chi connectivity index (χ2v) is 5.19. The first-order valence-electron chi connectivity index (χ1n) is 5.49. The molecule has 6 nitrogen and oxygen atoms in total. The van der Waals surface area contributed by atoms with Crippen molar-refractivity contribution >= 4 is 17.3 Å². The van der Waals surface area contributed by atoms with Gasteiger partial charge in [0, 0.05) is 27.8 Å². The summed E-state index contributed by atoms with van der Waals surface area (Å²) in [7, 11) is 1.36. The first-order chi connectivity index (χ1) is 8.60. The van der Waals surface area contributed by atoms with Gasteiger partial charge >= 0.3 is 5.97 Å². The smallest absolute Gasteiger partial charge is 0.327 e. The summed E-state index contributed by atoms with van der Waals surface area (Å²) in [5.41, 5.74) is 9.11. The van der Waals surface area contributed by atoms with Gasteiger partial charge in [0.25, 0.3) is 0 Å². The number of esters is 1. The molecule has 0 saturated heterocycles. The Hall–Kier alpha value is -1.56. The highest BCUT2D eigenvalue weighted by atomic mass is 32.1. The van der Waals surface area contributed by atoms with E-state index in [2.05, 4.69) is 15.3 Å². The van der Waals surface area contributed by atoms with Crippen molar-refractivity contribution in [3.05, 3.63) is 31.8 Å². The molecule has 1 heterocycles. The van der Waals surface area contributed by atoms with Gasteiger partial charge in [-0.15, -0.1) is 11.3 Å². The van der Waals surface area contributed by atoms with Crippen LogP contribution in [0.5, 0.6) is 0 Å². The maximum Gasteiger partial charge on any atom is 0.327 e. The van der Waals surface area contributed by atoms with E-state index in [1.54, 1.807) is 11.3 Å². The van der Waals surface area contributed by atoms with Gasteiger partial charge in [0.2, 0.25) is 0 Å². The first-order valence-corrected chi connectivity index (χ1v) is 6.30. The fourth-order valence-corrected chi connectivity index (χ4v) is 2.64. The third-order valence-electron chi connectivity index (χ3n) is 2.45. The minimum atomic E-state index is -0.506. The molecule has 0 amide bonds. The molecule has 0 radical (unpaired) electrons. The van der Waals surface area contributed by atoms with Crippen LogP contribution >= 0.6 is 11.3 Å². The van der Waals surface area contributed by atoms with E-state index in [1.807, 2.05) is 19.9 Å². The number of rotatable bonds is 6. The Kier molecular flexibility index (Phi) is 5.64. The van der Waals surface area contributed by atoms with Crippen molar-refractivity contribution in [2.75, 3.05) is 20.2 Å². The summed E-state index contributed by atoms with van der Waals surface area (Å²) in [5, 5.41) is 6.46. The minimum Gasteiger partial charge on any atom is -0.468 e. The monoisotopic (exact) mass is 268 g/mol. The lowest BCUT2D eigenvalue weighted by molar-refractivity contribution is -0.143. The van der Waals surface area contributed by atoms with E-state index in [1.165, 1.54) is 7.11 Å². The van der Waals surface area contributed by atoms with Gasteiger partial charge in [-0.05, 0) is 31.0 Å². The van der Waals surface area contributed by atoms with Crippen LogP contribution in [0.1, 0.15) is 21.4 Å². The third-order valence-corrected chi connectivity index (χ3v) is 3.43. The van der Waals surface area contributed by atoms with E-state index in [4.69, 9.17) is 10.3 Å². The van der Waals surface area contributed by atoms with Crippen LogP contribution in [0.2, 0.25) is 0 Å². The molecule has 18 heavy (non-hydrogen) atoms. The molecule has 0 aliphatic carbocycles. The Balaban J connectivity index is 2.81. The summed E-state index contributed by atoms with van der Waals surface area (Å²) in [6.07, 6.45) is 0. The molecule has 98 valence electrons. The van der Waals surface area contributed by atoms with Crippen molar-refractivity contribution < 1.29 is 9.53 Å². The molecule has 1 atom stereocenters. The second kappa shape index (κ2) is 7.00. The number of hydrogen-bond donors (Lipinski definition) is 1. The SMILES string of the molecule is COC(=O)C(NCCN=[N+]=[N-])c1cc(C)sc1C. The number of ether oxygens (including phenoxy) is 1. The normalized spacial score (nSPS) is 11.7. The number of aryl methyl sites for hydroxylation is 2. The van der Waals surface area contributed by atoms with Gasteiger partial charge in [-0.1, -0.05) is 5.11 Å². The van der Waals surface area contributed by atoms with Crippen LogP contribution in [0.3, 0.4) is 0 Å². The maximum atomic E-state index is 11.8. The van der Waals surface area contributed by atoms with Crippen molar-refractivity contribution in [3.8, 4) is 0 Å². The number of thiophene rings is 1. The highest BCUT2D eigenvalue weighted by molar-refractivity contribution is 7.12. The quantitative estimate of drug-likeness (QED) is 0.283. The largest absolute Gasteiger partial charge is 0.468 e. The number of methoxy groups -OCH3 is 1. The molecule has 0 aromatic carbocycles. The van der Waals surface area contributed by atoms with E-state index < -0.39 is 6.04 Å². The van der Waals surface area contributed by atoms with Gasteiger partial charge in [-0.3, -0.25) is 0 Å². The molecular formula is C11H16N4O2S. The average molecular weight is 268 g/mol. The van der Waals surface area contributed by atoms with E-state index in [0.29, 0.717) is 13.1 Å². The van der Waals surface area contributed by atoms with Gasteiger partial charge in [-0.2, -0.15) is 0 Å². The molecule has 1 unspecified atom stereocenters. The zero-order valence-electron chi connectivity index (χ0n) is 10.6. The van der Waals surface area contributed by atoms with Crippen LogP contribution in [0.15, 0.2) is 11.2 Å². The highest BCUT2D eigenvalue weighted by Gasteiger charge is 2.23. The molecule has 0 saturated carbocycles. The number of carbonyl (C=O) groups is 1. The molecule has 0 aliphatic rings. The number of azide groups is 1. The first kappa shape index (κ1) is 14.5. The Morgan fingerprint density at radius 3 is 2.89 bits per heavy atom. The second-order valence-electron chi connectivity index (χ2n) is 3.73. The fraction of sp³-hybridized carbons (Fsp3) is 0.545. The Labute approximate surface area is 110 Å². The number of hydrogen-bond acceptors (Lipinski definition) is 5. The highest BCUT2D eigenvalue weighted by Crippen LogP contribution is 2.27.